The number of thiophene rings is 1. The van der Waals surface area contributed by atoms with Crippen molar-refractivity contribution in [1.82, 2.24) is 15.0 Å². The van der Waals surface area contributed by atoms with Crippen molar-refractivity contribution < 1.29 is 8.83 Å². The molecule has 7 aromatic carbocycles. The average molecular weight is 672 g/mol. The highest BCUT2D eigenvalue weighted by Gasteiger charge is 2.19. The van der Waals surface area contributed by atoms with E-state index in [1.807, 2.05) is 54.6 Å². The molecule has 0 unspecified atom stereocenters. The summed E-state index contributed by atoms with van der Waals surface area (Å²) in [5.41, 5.74) is 8.24. The summed E-state index contributed by atoms with van der Waals surface area (Å²) in [5, 5.41) is 6.70. The molecule has 0 radical (unpaired) electrons. The monoisotopic (exact) mass is 671 g/mol. The second-order valence-corrected chi connectivity index (χ2v) is 13.9. The number of hydrogen-bond acceptors (Lipinski definition) is 6. The predicted octanol–water partition coefficient (Wildman–Crippen LogP) is 12.7. The Morgan fingerprint density at radius 3 is 1.78 bits per heavy atom. The Kier molecular flexibility index (Phi) is 6.05. The van der Waals surface area contributed by atoms with E-state index in [1.54, 1.807) is 11.3 Å². The van der Waals surface area contributed by atoms with E-state index >= 15 is 0 Å². The highest BCUT2D eigenvalue weighted by Crippen LogP contribution is 2.40. The van der Waals surface area contributed by atoms with Crippen LogP contribution in [0.15, 0.2) is 160 Å². The van der Waals surface area contributed by atoms with E-state index in [9.17, 15) is 0 Å². The molecule has 0 spiro atoms. The van der Waals surface area contributed by atoms with Gasteiger partial charge in [-0.15, -0.1) is 11.3 Å². The lowest BCUT2D eigenvalue weighted by Gasteiger charge is -2.09. The third-order valence-electron chi connectivity index (χ3n) is 9.75. The van der Waals surface area contributed by atoms with Gasteiger partial charge in [0.05, 0.1) is 5.56 Å². The number of furan rings is 2. The number of hydrogen-bond donors (Lipinski definition) is 0. The molecule has 238 valence electrons. The zero-order chi connectivity index (χ0) is 33.5. The highest BCUT2D eigenvalue weighted by molar-refractivity contribution is 7.25. The molecule has 5 nitrogen and oxygen atoms in total. The molecule has 11 aromatic rings. The fraction of sp³-hybridized carbons (Fsp3) is 0. The van der Waals surface area contributed by atoms with Crippen molar-refractivity contribution in [3.05, 3.63) is 152 Å². The van der Waals surface area contributed by atoms with Gasteiger partial charge in [-0.1, -0.05) is 91.0 Å². The van der Waals surface area contributed by atoms with Crippen molar-refractivity contribution in [3.63, 3.8) is 0 Å². The first-order valence-corrected chi connectivity index (χ1v) is 17.7. The first-order chi connectivity index (χ1) is 25.2. The van der Waals surface area contributed by atoms with E-state index in [-0.39, 0.29) is 0 Å². The van der Waals surface area contributed by atoms with E-state index in [0.717, 1.165) is 71.7 Å². The maximum Gasteiger partial charge on any atom is 0.167 e. The zero-order valence-electron chi connectivity index (χ0n) is 27.0. The molecule has 51 heavy (non-hydrogen) atoms. The van der Waals surface area contributed by atoms with Crippen molar-refractivity contribution in [1.29, 1.82) is 0 Å². The molecule has 0 saturated carbocycles. The van der Waals surface area contributed by atoms with Gasteiger partial charge < -0.3 is 8.83 Å². The minimum Gasteiger partial charge on any atom is -0.456 e. The summed E-state index contributed by atoms with van der Waals surface area (Å²) < 4.78 is 15.2. The normalized spacial score (nSPS) is 11.9. The van der Waals surface area contributed by atoms with Gasteiger partial charge in [-0.2, -0.15) is 0 Å². The summed E-state index contributed by atoms with van der Waals surface area (Å²) in [6.07, 6.45) is 0. The molecular formula is C45H25N3O2S. The van der Waals surface area contributed by atoms with Crippen molar-refractivity contribution >= 4 is 75.4 Å². The minimum absolute atomic E-state index is 0.566. The second kappa shape index (κ2) is 10.9. The molecule has 0 aliphatic heterocycles. The molecule has 0 saturated heterocycles. The first kappa shape index (κ1) is 28.2. The van der Waals surface area contributed by atoms with Crippen LogP contribution in [0.25, 0.3) is 109 Å². The number of nitrogens with zero attached hydrogens (tertiary/aromatic N) is 3. The largest absolute Gasteiger partial charge is 0.456 e. The fourth-order valence-corrected chi connectivity index (χ4v) is 8.35. The van der Waals surface area contributed by atoms with Crippen molar-refractivity contribution in [3.8, 4) is 45.3 Å². The van der Waals surface area contributed by atoms with E-state index in [2.05, 4.69) is 97.1 Å². The maximum atomic E-state index is 6.62. The lowest BCUT2D eigenvalue weighted by Crippen LogP contribution is -2.00. The molecule has 0 N–H and O–H groups in total. The Labute approximate surface area is 295 Å². The number of rotatable bonds is 4. The molecular weight excluding hydrogens is 647 g/mol. The van der Waals surface area contributed by atoms with Gasteiger partial charge in [0.2, 0.25) is 0 Å². The standard InChI is InChI=1S/C45H25N3O2S/c1-2-9-26(10-3-1)43-46-44(29-19-22-41-36(25-29)31-12-5-7-16-40(31)51-41)48-45(47-43)33-14-8-13-32-35-24-28(18-21-39(35)50-42(32)33)27-17-20-38-34(23-27)30-11-4-6-15-37(30)49-38/h1-25H. The summed E-state index contributed by atoms with van der Waals surface area (Å²) in [6.45, 7) is 0. The van der Waals surface area contributed by atoms with Crippen LogP contribution in [0.4, 0.5) is 0 Å². The lowest BCUT2D eigenvalue weighted by molar-refractivity contribution is 0.668. The molecule has 11 rings (SSSR count). The smallest absolute Gasteiger partial charge is 0.167 e. The summed E-state index contributed by atoms with van der Waals surface area (Å²) in [4.78, 5) is 15.2. The summed E-state index contributed by atoms with van der Waals surface area (Å²) >= 11 is 1.80. The SMILES string of the molecule is c1ccc(-c2nc(-c3ccc4sc5ccccc5c4c3)nc(-c3cccc4c3oc3ccc(-c5ccc6oc7ccccc7c6c5)cc34)n2)cc1. The minimum atomic E-state index is 0.566. The van der Waals surface area contributed by atoms with Gasteiger partial charge in [0.15, 0.2) is 17.5 Å². The van der Waals surface area contributed by atoms with Crippen LogP contribution in [0.3, 0.4) is 0 Å². The van der Waals surface area contributed by atoms with Crippen LogP contribution < -0.4 is 0 Å². The van der Waals surface area contributed by atoms with Crippen LogP contribution in [0.1, 0.15) is 0 Å². The van der Waals surface area contributed by atoms with Crippen LogP contribution >= 0.6 is 11.3 Å². The third kappa shape index (κ3) is 4.50. The Hall–Kier alpha value is -6.63. The van der Waals surface area contributed by atoms with E-state index in [0.29, 0.717) is 17.5 Å². The number of aromatic nitrogens is 3. The number of para-hydroxylation sites is 2. The zero-order valence-corrected chi connectivity index (χ0v) is 27.8. The van der Waals surface area contributed by atoms with Gasteiger partial charge in [0.25, 0.3) is 0 Å². The van der Waals surface area contributed by atoms with Gasteiger partial charge in [-0.3, -0.25) is 0 Å². The summed E-state index contributed by atoms with van der Waals surface area (Å²) in [5.74, 6) is 1.80. The van der Waals surface area contributed by atoms with Gasteiger partial charge in [0.1, 0.15) is 22.3 Å². The Balaban J connectivity index is 1.08. The molecule has 0 bridgehead atoms. The maximum absolute atomic E-state index is 6.62. The number of fused-ring (bicyclic) bond motifs is 9. The topological polar surface area (TPSA) is 65.0 Å². The molecule has 0 aliphatic rings. The summed E-state index contributed by atoms with van der Waals surface area (Å²) in [7, 11) is 0. The molecule has 6 heteroatoms. The van der Waals surface area contributed by atoms with Crippen LogP contribution in [0, 0.1) is 0 Å². The quantitative estimate of drug-likeness (QED) is 0.186. The van der Waals surface area contributed by atoms with E-state index in [1.165, 1.54) is 20.2 Å². The fourth-order valence-electron chi connectivity index (χ4n) is 7.27. The molecule has 0 amide bonds. The van der Waals surface area contributed by atoms with Crippen LogP contribution in [-0.2, 0) is 0 Å². The highest BCUT2D eigenvalue weighted by atomic mass is 32.1. The number of benzene rings is 7. The molecule has 0 aliphatic carbocycles. The van der Waals surface area contributed by atoms with Gasteiger partial charge in [-0.25, -0.2) is 15.0 Å². The van der Waals surface area contributed by atoms with Gasteiger partial charge in [-0.05, 0) is 71.8 Å². The molecule has 4 aromatic heterocycles. The van der Waals surface area contributed by atoms with Gasteiger partial charge >= 0.3 is 0 Å². The van der Waals surface area contributed by atoms with Crippen molar-refractivity contribution in [2.75, 3.05) is 0 Å². The first-order valence-electron chi connectivity index (χ1n) is 16.8. The molecule has 4 heterocycles. The van der Waals surface area contributed by atoms with Crippen LogP contribution in [0.2, 0.25) is 0 Å². The van der Waals surface area contributed by atoms with Crippen molar-refractivity contribution in [2.45, 2.75) is 0 Å². The Morgan fingerprint density at radius 2 is 0.941 bits per heavy atom. The van der Waals surface area contributed by atoms with Crippen LogP contribution in [-0.4, -0.2) is 15.0 Å². The van der Waals surface area contributed by atoms with E-state index < -0.39 is 0 Å². The van der Waals surface area contributed by atoms with Crippen molar-refractivity contribution in [2.24, 2.45) is 0 Å². The Morgan fingerprint density at radius 1 is 0.353 bits per heavy atom. The van der Waals surface area contributed by atoms with E-state index in [4.69, 9.17) is 23.8 Å². The van der Waals surface area contributed by atoms with Gasteiger partial charge in [0, 0.05) is 52.8 Å². The van der Waals surface area contributed by atoms with Crippen LogP contribution in [0.5, 0.6) is 0 Å². The predicted molar refractivity (Wildman–Crippen MR) is 209 cm³/mol. The third-order valence-corrected chi connectivity index (χ3v) is 10.9. The summed E-state index contributed by atoms with van der Waals surface area (Å²) in [6, 6.07) is 52.2. The Bertz CT molecular complexity index is 3160. The molecule has 0 fully saturated rings. The second-order valence-electron chi connectivity index (χ2n) is 12.8. The average Bonchev–Trinajstić information content (AvgIpc) is 3.88. The lowest BCUT2D eigenvalue weighted by atomic mass is 10.00. The molecule has 0 atom stereocenters.